The first kappa shape index (κ1) is 24.3. The molecular formula is C25H35NO7. The first-order valence-electron chi connectivity index (χ1n) is 12.1. The third-order valence-electron chi connectivity index (χ3n) is 6.26. The van der Waals surface area contributed by atoms with E-state index in [9.17, 15) is 9.59 Å². The van der Waals surface area contributed by atoms with Crippen LogP contribution in [-0.4, -0.2) is 73.5 Å². The lowest BCUT2D eigenvalue weighted by Gasteiger charge is -2.26. The topological polar surface area (TPSA) is 83.5 Å². The van der Waals surface area contributed by atoms with Crippen molar-refractivity contribution < 1.29 is 33.3 Å². The van der Waals surface area contributed by atoms with E-state index in [1.54, 1.807) is 24.3 Å². The summed E-state index contributed by atoms with van der Waals surface area (Å²) in [5.74, 6) is -1.27. The maximum absolute atomic E-state index is 12.5. The van der Waals surface area contributed by atoms with Gasteiger partial charge in [-0.1, -0.05) is 44.7 Å². The van der Waals surface area contributed by atoms with Crippen molar-refractivity contribution in [3.05, 3.63) is 35.4 Å². The summed E-state index contributed by atoms with van der Waals surface area (Å²) < 4.78 is 30.0. The third kappa shape index (κ3) is 5.46. The molecule has 4 atom stereocenters. The number of nitrogens with zero attached hydrogens (tertiary/aromatic N) is 1. The Hall–Kier alpha value is -1.84. The highest BCUT2D eigenvalue weighted by Gasteiger charge is 2.55. The molecule has 0 radical (unpaired) electrons. The third-order valence-corrected chi connectivity index (χ3v) is 6.26. The number of carbonyl (C=O) groups is 2. The zero-order valence-electron chi connectivity index (χ0n) is 19.8. The van der Waals surface area contributed by atoms with E-state index in [1.165, 1.54) is 24.2 Å². The average Bonchev–Trinajstić information content (AvgIpc) is 3.35. The number of imide groups is 1. The molecule has 2 saturated heterocycles. The number of ether oxygens (including phenoxy) is 5. The summed E-state index contributed by atoms with van der Waals surface area (Å²) in [7, 11) is 0. The van der Waals surface area contributed by atoms with E-state index in [0.717, 1.165) is 12.8 Å². The molecular weight excluding hydrogens is 426 g/mol. The van der Waals surface area contributed by atoms with Crippen molar-refractivity contribution in [2.24, 2.45) is 0 Å². The maximum atomic E-state index is 12.5. The number of hydrogen-bond acceptors (Lipinski definition) is 7. The first-order chi connectivity index (χ1) is 15.9. The molecule has 3 aliphatic rings. The largest absolute Gasteiger partial charge is 0.377 e. The van der Waals surface area contributed by atoms with E-state index in [0.29, 0.717) is 17.7 Å². The van der Waals surface area contributed by atoms with E-state index in [1.807, 2.05) is 13.8 Å². The summed E-state index contributed by atoms with van der Waals surface area (Å²) in [5, 5.41) is 0. The molecule has 1 aromatic rings. The average molecular weight is 462 g/mol. The molecule has 2 fully saturated rings. The van der Waals surface area contributed by atoms with Crippen molar-refractivity contribution in [3.63, 3.8) is 0 Å². The quantitative estimate of drug-likeness (QED) is 0.348. The Morgan fingerprint density at radius 1 is 0.970 bits per heavy atom. The Morgan fingerprint density at radius 2 is 1.67 bits per heavy atom. The molecule has 0 unspecified atom stereocenters. The number of carbonyl (C=O) groups excluding carboxylic acids is 2. The van der Waals surface area contributed by atoms with Crippen molar-refractivity contribution in [3.8, 4) is 0 Å². The fraction of sp³-hybridized carbons (Fsp3) is 0.680. The molecule has 3 heterocycles. The van der Waals surface area contributed by atoms with Gasteiger partial charge in [-0.05, 0) is 32.4 Å². The fourth-order valence-electron chi connectivity index (χ4n) is 4.61. The summed E-state index contributed by atoms with van der Waals surface area (Å²) in [4.78, 5) is 26.2. The van der Waals surface area contributed by atoms with Gasteiger partial charge in [0.15, 0.2) is 12.1 Å². The van der Waals surface area contributed by atoms with Crippen LogP contribution in [0.3, 0.4) is 0 Å². The van der Waals surface area contributed by atoms with Gasteiger partial charge in [-0.2, -0.15) is 0 Å². The fourth-order valence-corrected chi connectivity index (χ4v) is 4.61. The Kier molecular flexibility index (Phi) is 7.81. The van der Waals surface area contributed by atoms with Crippen molar-refractivity contribution in [1.82, 2.24) is 4.90 Å². The van der Waals surface area contributed by atoms with Crippen LogP contribution >= 0.6 is 0 Å². The molecule has 4 rings (SSSR count). The highest BCUT2D eigenvalue weighted by atomic mass is 16.8. The van der Waals surface area contributed by atoms with E-state index >= 15 is 0 Å². The molecule has 0 bridgehead atoms. The summed E-state index contributed by atoms with van der Waals surface area (Å²) in [5.41, 5.74) is 0.887. The van der Waals surface area contributed by atoms with Gasteiger partial charge in [0.2, 0.25) is 0 Å². The molecule has 1 aromatic carbocycles. The number of amides is 2. The molecule has 0 aromatic heterocycles. The van der Waals surface area contributed by atoms with Gasteiger partial charge in [-0.25, -0.2) is 0 Å². The number of rotatable bonds is 12. The van der Waals surface area contributed by atoms with Crippen molar-refractivity contribution in [2.75, 3.05) is 26.4 Å². The summed E-state index contributed by atoms with van der Waals surface area (Å²) in [6.45, 7) is 7.24. The minimum atomic E-state index is -0.713. The lowest BCUT2D eigenvalue weighted by molar-refractivity contribution is -0.223. The first-order valence-corrected chi connectivity index (χ1v) is 12.1. The van der Waals surface area contributed by atoms with Gasteiger partial charge in [0.25, 0.3) is 11.8 Å². The maximum Gasteiger partial charge on any atom is 0.261 e. The Labute approximate surface area is 195 Å². The van der Waals surface area contributed by atoms with Crippen LogP contribution in [-0.2, 0) is 23.7 Å². The summed E-state index contributed by atoms with van der Waals surface area (Å²) >= 11 is 0. The second-order valence-corrected chi connectivity index (χ2v) is 9.28. The van der Waals surface area contributed by atoms with Crippen LogP contribution in [0.5, 0.6) is 0 Å². The second kappa shape index (κ2) is 10.6. The van der Waals surface area contributed by atoms with Gasteiger partial charge in [0, 0.05) is 6.61 Å². The van der Waals surface area contributed by atoms with Crippen LogP contribution in [0, 0.1) is 0 Å². The molecule has 0 N–H and O–H groups in total. The van der Waals surface area contributed by atoms with Gasteiger partial charge in [-0.3, -0.25) is 14.5 Å². The number of hydrogen-bond donors (Lipinski definition) is 0. The molecule has 0 saturated carbocycles. The molecule has 33 heavy (non-hydrogen) atoms. The molecule has 8 nitrogen and oxygen atoms in total. The Balaban J connectivity index is 1.26. The highest BCUT2D eigenvalue weighted by molar-refractivity contribution is 6.21. The minimum absolute atomic E-state index is 0.189. The summed E-state index contributed by atoms with van der Waals surface area (Å²) in [6, 6.07) is 6.86. The van der Waals surface area contributed by atoms with E-state index in [-0.39, 0.29) is 49.9 Å². The van der Waals surface area contributed by atoms with E-state index < -0.39 is 12.1 Å². The van der Waals surface area contributed by atoms with Crippen molar-refractivity contribution in [1.29, 1.82) is 0 Å². The van der Waals surface area contributed by atoms with Crippen LogP contribution in [0.1, 0.15) is 73.6 Å². The normalized spacial score (nSPS) is 27.9. The van der Waals surface area contributed by atoms with Crippen molar-refractivity contribution in [2.45, 2.75) is 83.3 Å². The van der Waals surface area contributed by atoms with Crippen molar-refractivity contribution >= 4 is 11.8 Å². The number of unbranched alkanes of at least 4 members (excludes halogenated alkanes) is 4. The van der Waals surface area contributed by atoms with Crippen LogP contribution in [0.4, 0.5) is 0 Å². The lowest BCUT2D eigenvalue weighted by atomic mass is 10.1. The molecule has 8 heteroatoms. The van der Waals surface area contributed by atoms with Gasteiger partial charge in [0.05, 0.1) is 30.9 Å². The second-order valence-electron chi connectivity index (χ2n) is 9.28. The van der Waals surface area contributed by atoms with Crippen LogP contribution in [0.2, 0.25) is 0 Å². The highest BCUT2D eigenvalue weighted by Crippen LogP contribution is 2.39. The smallest absolute Gasteiger partial charge is 0.261 e. The van der Waals surface area contributed by atoms with E-state index in [2.05, 4.69) is 6.92 Å². The molecule has 3 aliphatic heterocycles. The zero-order chi connectivity index (χ0) is 23.4. The molecule has 0 spiro atoms. The monoisotopic (exact) mass is 461 g/mol. The molecule has 0 aliphatic carbocycles. The minimum Gasteiger partial charge on any atom is -0.377 e. The molecule has 2 amide bonds. The number of fused-ring (bicyclic) bond motifs is 2. The standard InChI is InChI=1S/C25H35NO7/c1-4-5-6-7-10-14-30-20-19(31-24-21(20)32-25(2,3)33-24)16-29-15-13-26-22(27)17-11-8-9-12-18(17)23(26)28/h8-9,11-12,19-21,24H,4-7,10,13-16H2,1-3H3/t19-,20+,21-,24-/m1/s1. The van der Waals surface area contributed by atoms with Gasteiger partial charge in [0.1, 0.15) is 18.3 Å². The van der Waals surface area contributed by atoms with Crippen LogP contribution in [0.15, 0.2) is 24.3 Å². The van der Waals surface area contributed by atoms with Gasteiger partial charge < -0.3 is 23.7 Å². The van der Waals surface area contributed by atoms with Gasteiger partial charge in [-0.15, -0.1) is 0 Å². The summed E-state index contributed by atoms with van der Waals surface area (Å²) in [6.07, 6.45) is 4.37. The zero-order valence-corrected chi connectivity index (χ0v) is 19.8. The van der Waals surface area contributed by atoms with Gasteiger partial charge >= 0.3 is 0 Å². The van der Waals surface area contributed by atoms with Crippen LogP contribution < -0.4 is 0 Å². The van der Waals surface area contributed by atoms with Crippen LogP contribution in [0.25, 0.3) is 0 Å². The molecule has 182 valence electrons. The van der Waals surface area contributed by atoms with E-state index in [4.69, 9.17) is 23.7 Å². The predicted molar refractivity (Wildman–Crippen MR) is 120 cm³/mol. The number of benzene rings is 1. The predicted octanol–water partition coefficient (Wildman–Crippen LogP) is 3.53. The Bertz CT molecular complexity index is 807. The Morgan fingerprint density at radius 3 is 2.36 bits per heavy atom. The lowest BCUT2D eigenvalue weighted by Crippen LogP contribution is -2.40. The SMILES string of the molecule is CCCCCCCO[C@@H]1[C@H]2OC(C)(C)O[C@H]2O[C@@H]1COCCN1C(=O)c2ccccc2C1=O.